The van der Waals surface area contributed by atoms with Crippen molar-refractivity contribution >= 4 is 5.97 Å². The number of hydrogen-bond acceptors (Lipinski definition) is 4. The standard InChI is InChI=1S/C8H13F2NO3/c1-13-7(12)6-2-5(3-11-6)4-14-8(9)10/h5-6,8,11H,2-4H2,1H3. The Balaban J connectivity index is 2.23. The molecule has 2 atom stereocenters. The van der Waals surface area contributed by atoms with Crippen molar-refractivity contribution in [2.75, 3.05) is 20.3 Å². The maximum atomic E-state index is 11.7. The van der Waals surface area contributed by atoms with E-state index in [0.29, 0.717) is 13.0 Å². The van der Waals surface area contributed by atoms with E-state index in [-0.39, 0.29) is 24.5 Å². The number of methoxy groups -OCH3 is 1. The largest absolute Gasteiger partial charge is 0.468 e. The Morgan fingerprint density at radius 1 is 1.64 bits per heavy atom. The number of rotatable bonds is 4. The molecule has 1 N–H and O–H groups in total. The Bertz CT molecular complexity index is 201. The minimum absolute atomic E-state index is 0.0296. The van der Waals surface area contributed by atoms with Gasteiger partial charge < -0.3 is 14.8 Å². The predicted octanol–water partition coefficient (Wildman–Crippen LogP) is 0.377. The van der Waals surface area contributed by atoms with Gasteiger partial charge in [-0.2, -0.15) is 8.78 Å². The first-order valence-electron chi connectivity index (χ1n) is 4.34. The molecule has 1 rings (SSSR count). The summed E-state index contributed by atoms with van der Waals surface area (Å²) in [6, 6.07) is -0.383. The monoisotopic (exact) mass is 209 g/mol. The quantitative estimate of drug-likeness (QED) is 0.680. The van der Waals surface area contributed by atoms with E-state index in [1.807, 2.05) is 0 Å². The van der Waals surface area contributed by atoms with Gasteiger partial charge >= 0.3 is 12.6 Å². The van der Waals surface area contributed by atoms with Gasteiger partial charge in [-0.05, 0) is 12.3 Å². The number of alkyl halides is 2. The lowest BCUT2D eigenvalue weighted by Crippen LogP contribution is -2.31. The Morgan fingerprint density at radius 2 is 2.36 bits per heavy atom. The van der Waals surface area contributed by atoms with Crippen LogP contribution in [0.5, 0.6) is 0 Å². The van der Waals surface area contributed by atoms with E-state index in [1.54, 1.807) is 0 Å². The highest BCUT2D eigenvalue weighted by Gasteiger charge is 2.30. The van der Waals surface area contributed by atoms with E-state index in [2.05, 4.69) is 14.8 Å². The second kappa shape index (κ2) is 5.21. The molecule has 1 fully saturated rings. The van der Waals surface area contributed by atoms with Crippen LogP contribution in [0.3, 0.4) is 0 Å². The van der Waals surface area contributed by atoms with Gasteiger partial charge in [0.1, 0.15) is 6.04 Å². The molecule has 2 unspecified atom stereocenters. The van der Waals surface area contributed by atoms with Crippen LogP contribution in [0.15, 0.2) is 0 Å². The molecule has 1 heterocycles. The van der Waals surface area contributed by atoms with Crippen molar-refractivity contribution in [2.45, 2.75) is 19.1 Å². The number of halogens is 2. The zero-order valence-corrected chi connectivity index (χ0v) is 7.83. The SMILES string of the molecule is COC(=O)C1CC(COC(F)F)CN1. The predicted molar refractivity (Wildman–Crippen MR) is 43.9 cm³/mol. The summed E-state index contributed by atoms with van der Waals surface area (Å²) in [5.41, 5.74) is 0. The maximum absolute atomic E-state index is 11.7. The summed E-state index contributed by atoms with van der Waals surface area (Å²) in [4.78, 5) is 11.0. The fraction of sp³-hybridized carbons (Fsp3) is 0.875. The lowest BCUT2D eigenvalue weighted by atomic mass is 10.1. The summed E-state index contributed by atoms with van der Waals surface area (Å²) in [5, 5.41) is 2.88. The molecule has 0 aromatic heterocycles. The molecule has 4 nitrogen and oxygen atoms in total. The van der Waals surface area contributed by atoms with Crippen LogP contribution in [0.4, 0.5) is 8.78 Å². The number of nitrogens with one attached hydrogen (secondary N) is 1. The molecule has 0 radical (unpaired) electrons. The van der Waals surface area contributed by atoms with Crippen LogP contribution in [-0.4, -0.2) is 38.9 Å². The van der Waals surface area contributed by atoms with Crippen molar-refractivity contribution in [3.05, 3.63) is 0 Å². The first-order chi connectivity index (χ1) is 6.63. The van der Waals surface area contributed by atoms with E-state index in [9.17, 15) is 13.6 Å². The summed E-state index contributed by atoms with van der Waals surface area (Å²) in [5.74, 6) is -0.405. The topological polar surface area (TPSA) is 47.6 Å². The van der Waals surface area contributed by atoms with Crippen LogP contribution in [0, 0.1) is 5.92 Å². The average Bonchev–Trinajstić information content (AvgIpc) is 2.62. The van der Waals surface area contributed by atoms with Crippen molar-refractivity contribution < 1.29 is 23.0 Å². The highest BCUT2D eigenvalue weighted by molar-refractivity contribution is 5.75. The molecule has 1 saturated heterocycles. The summed E-state index contributed by atoms with van der Waals surface area (Å²) in [7, 11) is 1.30. The van der Waals surface area contributed by atoms with E-state index in [1.165, 1.54) is 7.11 Å². The minimum Gasteiger partial charge on any atom is -0.468 e. The maximum Gasteiger partial charge on any atom is 0.345 e. The van der Waals surface area contributed by atoms with E-state index < -0.39 is 6.61 Å². The molecular weight excluding hydrogens is 196 g/mol. The molecule has 6 heteroatoms. The summed E-state index contributed by atoms with van der Waals surface area (Å²) in [6.07, 6.45) is 0.486. The molecule has 1 aliphatic rings. The molecule has 0 bridgehead atoms. The van der Waals surface area contributed by atoms with Crippen molar-refractivity contribution in [1.29, 1.82) is 0 Å². The van der Waals surface area contributed by atoms with Gasteiger partial charge in [-0.15, -0.1) is 0 Å². The molecule has 0 saturated carbocycles. The smallest absolute Gasteiger partial charge is 0.345 e. The first-order valence-corrected chi connectivity index (χ1v) is 4.34. The second-order valence-electron chi connectivity index (χ2n) is 3.18. The van der Waals surface area contributed by atoms with Crippen LogP contribution < -0.4 is 5.32 Å². The lowest BCUT2D eigenvalue weighted by molar-refractivity contribution is -0.143. The molecule has 0 spiro atoms. The van der Waals surface area contributed by atoms with Gasteiger partial charge in [0.15, 0.2) is 0 Å². The fourth-order valence-electron chi connectivity index (χ4n) is 1.47. The van der Waals surface area contributed by atoms with Gasteiger partial charge in [0.25, 0.3) is 0 Å². The number of ether oxygens (including phenoxy) is 2. The molecule has 0 amide bonds. The lowest BCUT2D eigenvalue weighted by Gasteiger charge is -2.08. The van der Waals surface area contributed by atoms with Crippen LogP contribution in [-0.2, 0) is 14.3 Å². The van der Waals surface area contributed by atoms with Crippen LogP contribution in [0.25, 0.3) is 0 Å². The van der Waals surface area contributed by atoms with Gasteiger partial charge in [0, 0.05) is 6.54 Å². The number of hydrogen-bond donors (Lipinski definition) is 1. The van der Waals surface area contributed by atoms with Crippen LogP contribution in [0.2, 0.25) is 0 Å². The van der Waals surface area contributed by atoms with Crippen molar-refractivity contribution in [2.24, 2.45) is 5.92 Å². The summed E-state index contributed by atoms with van der Waals surface area (Å²) in [6.45, 7) is -2.27. The van der Waals surface area contributed by atoms with Gasteiger partial charge in [-0.1, -0.05) is 0 Å². The van der Waals surface area contributed by atoms with Gasteiger partial charge in [-0.3, -0.25) is 4.79 Å². The van der Waals surface area contributed by atoms with Crippen LogP contribution >= 0.6 is 0 Å². The molecular formula is C8H13F2NO3. The van der Waals surface area contributed by atoms with Crippen molar-refractivity contribution in [1.82, 2.24) is 5.32 Å². The zero-order valence-electron chi connectivity index (χ0n) is 7.83. The summed E-state index contributed by atoms with van der Waals surface area (Å²) < 4.78 is 32.0. The molecule has 14 heavy (non-hydrogen) atoms. The number of esters is 1. The van der Waals surface area contributed by atoms with Gasteiger partial charge in [0.2, 0.25) is 0 Å². The number of carbonyl (C=O) groups excluding carboxylic acids is 1. The van der Waals surface area contributed by atoms with Crippen molar-refractivity contribution in [3.8, 4) is 0 Å². The Hall–Kier alpha value is -0.750. The van der Waals surface area contributed by atoms with Crippen molar-refractivity contribution in [3.63, 3.8) is 0 Å². The van der Waals surface area contributed by atoms with E-state index in [4.69, 9.17) is 0 Å². The Morgan fingerprint density at radius 3 is 2.93 bits per heavy atom. The van der Waals surface area contributed by atoms with E-state index in [0.717, 1.165) is 0 Å². The van der Waals surface area contributed by atoms with E-state index >= 15 is 0 Å². The minimum atomic E-state index is -2.74. The number of carbonyl (C=O) groups is 1. The third kappa shape index (κ3) is 3.19. The molecule has 0 aliphatic carbocycles. The molecule has 82 valence electrons. The molecule has 0 aromatic carbocycles. The second-order valence-corrected chi connectivity index (χ2v) is 3.18. The highest BCUT2D eigenvalue weighted by Crippen LogP contribution is 2.16. The summed E-state index contributed by atoms with van der Waals surface area (Å²) >= 11 is 0. The third-order valence-corrected chi connectivity index (χ3v) is 2.17. The zero-order chi connectivity index (χ0) is 10.6. The third-order valence-electron chi connectivity index (χ3n) is 2.17. The molecule has 0 aromatic rings. The molecule has 1 aliphatic heterocycles. The Labute approximate surface area is 80.6 Å². The van der Waals surface area contributed by atoms with Crippen LogP contribution in [0.1, 0.15) is 6.42 Å². The van der Waals surface area contributed by atoms with Gasteiger partial charge in [-0.25, -0.2) is 0 Å². The Kier molecular flexibility index (Phi) is 4.21. The average molecular weight is 209 g/mol. The highest BCUT2D eigenvalue weighted by atomic mass is 19.3. The fourth-order valence-corrected chi connectivity index (χ4v) is 1.47. The van der Waals surface area contributed by atoms with Gasteiger partial charge in [0.05, 0.1) is 13.7 Å². The first kappa shape index (κ1) is 11.3. The normalized spacial score (nSPS) is 26.9.